The summed E-state index contributed by atoms with van der Waals surface area (Å²) in [6.45, 7) is 1.09. The number of amides is 2. The maximum absolute atomic E-state index is 13.1. The second-order valence-electron chi connectivity index (χ2n) is 8.44. The molecule has 6 heteroatoms. The molecule has 2 amide bonds. The van der Waals surface area contributed by atoms with Gasteiger partial charge in [-0.1, -0.05) is 36.4 Å². The molecular weight excluding hydrogens is 400 g/mol. The Kier molecular flexibility index (Phi) is 6.59. The van der Waals surface area contributed by atoms with E-state index in [2.05, 4.69) is 33.5 Å². The highest BCUT2D eigenvalue weighted by molar-refractivity contribution is 5.85. The number of nitrogens with zero attached hydrogens (tertiary/aromatic N) is 3. The lowest BCUT2D eigenvalue weighted by Crippen LogP contribution is -2.54. The highest BCUT2D eigenvalue weighted by Gasteiger charge is 2.43. The third kappa shape index (κ3) is 4.85. The Bertz CT molecular complexity index is 1070. The number of piperidine rings is 1. The molecule has 3 aromatic rings. The number of hydrogen-bond acceptors (Lipinski definition) is 4. The number of hydrogen-bond donors (Lipinski definition) is 1. The van der Waals surface area contributed by atoms with Crippen molar-refractivity contribution in [3.63, 3.8) is 0 Å². The van der Waals surface area contributed by atoms with Gasteiger partial charge in [0.15, 0.2) is 0 Å². The first-order valence-corrected chi connectivity index (χ1v) is 11.0. The molecule has 0 aliphatic carbocycles. The predicted octanol–water partition coefficient (Wildman–Crippen LogP) is 3.28. The van der Waals surface area contributed by atoms with Crippen LogP contribution in [-0.2, 0) is 22.4 Å². The van der Waals surface area contributed by atoms with Crippen LogP contribution >= 0.6 is 0 Å². The molecule has 0 radical (unpaired) electrons. The van der Waals surface area contributed by atoms with Gasteiger partial charge in [-0.25, -0.2) is 0 Å². The van der Waals surface area contributed by atoms with Gasteiger partial charge in [0, 0.05) is 44.9 Å². The number of benzene rings is 1. The smallest absolute Gasteiger partial charge is 0.228 e. The van der Waals surface area contributed by atoms with E-state index in [0.717, 1.165) is 35.1 Å². The number of pyridine rings is 2. The second kappa shape index (κ2) is 9.73. The molecule has 2 aromatic heterocycles. The molecule has 0 saturated carbocycles. The fourth-order valence-electron chi connectivity index (χ4n) is 4.59. The maximum atomic E-state index is 13.1. The molecule has 0 unspecified atom stereocenters. The predicted molar refractivity (Wildman–Crippen MR) is 124 cm³/mol. The summed E-state index contributed by atoms with van der Waals surface area (Å²) in [5.41, 5.74) is 3.43. The van der Waals surface area contributed by atoms with Gasteiger partial charge in [0.2, 0.25) is 11.8 Å². The summed E-state index contributed by atoms with van der Waals surface area (Å²) in [7, 11) is 1.67. The van der Waals surface area contributed by atoms with Crippen molar-refractivity contribution in [3.8, 4) is 11.1 Å². The van der Waals surface area contributed by atoms with Gasteiger partial charge in [-0.05, 0) is 53.6 Å². The lowest BCUT2D eigenvalue weighted by atomic mass is 9.74. The van der Waals surface area contributed by atoms with Crippen molar-refractivity contribution in [3.05, 3.63) is 84.4 Å². The fraction of sp³-hybridized carbons (Fsp3) is 0.308. The van der Waals surface area contributed by atoms with E-state index in [0.29, 0.717) is 25.9 Å². The molecule has 0 spiro atoms. The minimum atomic E-state index is -0.648. The van der Waals surface area contributed by atoms with Crippen LogP contribution in [-0.4, -0.2) is 46.8 Å². The third-order valence-electron chi connectivity index (χ3n) is 6.18. The van der Waals surface area contributed by atoms with E-state index < -0.39 is 5.41 Å². The zero-order chi connectivity index (χ0) is 22.4. The Morgan fingerprint density at radius 1 is 1.00 bits per heavy atom. The summed E-state index contributed by atoms with van der Waals surface area (Å²) < 4.78 is 0. The van der Waals surface area contributed by atoms with Crippen molar-refractivity contribution in [1.82, 2.24) is 20.2 Å². The van der Waals surface area contributed by atoms with Crippen LogP contribution in [0.2, 0.25) is 0 Å². The molecule has 1 aliphatic rings. The zero-order valence-corrected chi connectivity index (χ0v) is 18.3. The number of likely N-dealkylation sites (tertiary alicyclic amines) is 1. The van der Waals surface area contributed by atoms with Crippen LogP contribution < -0.4 is 5.32 Å². The monoisotopic (exact) mass is 428 g/mol. The van der Waals surface area contributed by atoms with E-state index in [1.165, 1.54) is 0 Å². The molecule has 1 fully saturated rings. The quantitative estimate of drug-likeness (QED) is 0.654. The van der Waals surface area contributed by atoms with Gasteiger partial charge in [0.05, 0.1) is 11.8 Å². The molecule has 1 atom stereocenters. The van der Waals surface area contributed by atoms with Crippen molar-refractivity contribution >= 4 is 11.8 Å². The molecular formula is C26H28N4O2. The van der Waals surface area contributed by atoms with Gasteiger partial charge >= 0.3 is 0 Å². The topological polar surface area (TPSA) is 75.2 Å². The van der Waals surface area contributed by atoms with Gasteiger partial charge in [0.1, 0.15) is 0 Å². The molecule has 1 saturated heterocycles. The number of aromatic nitrogens is 2. The van der Waals surface area contributed by atoms with Crippen molar-refractivity contribution in [2.24, 2.45) is 5.41 Å². The minimum absolute atomic E-state index is 0.0110. The molecule has 1 aliphatic heterocycles. The van der Waals surface area contributed by atoms with Crippen LogP contribution in [0.4, 0.5) is 0 Å². The Balaban J connectivity index is 1.56. The first kappa shape index (κ1) is 21.7. The molecule has 3 heterocycles. The van der Waals surface area contributed by atoms with E-state index in [-0.39, 0.29) is 11.8 Å². The number of rotatable bonds is 6. The second-order valence-corrected chi connectivity index (χ2v) is 8.44. The van der Waals surface area contributed by atoms with Crippen LogP contribution in [0.5, 0.6) is 0 Å². The number of nitrogens with one attached hydrogen (secondary N) is 1. The summed E-state index contributed by atoms with van der Waals surface area (Å²) in [5.74, 6) is 0.0262. The van der Waals surface area contributed by atoms with Gasteiger partial charge < -0.3 is 10.2 Å². The molecule has 1 aromatic carbocycles. The zero-order valence-electron chi connectivity index (χ0n) is 18.3. The SMILES string of the molecule is CNC(=O)[C@]1(Cc2cccc(-c3cccnc3)c2)CCCN(C(=O)Cc2cccnc2)C1. The molecule has 4 rings (SSSR count). The maximum Gasteiger partial charge on any atom is 0.228 e. The highest BCUT2D eigenvalue weighted by atomic mass is 16.2. The highest BCUT2D eigenvalue weighted by Crippen LogP contribution is 2.35. The average Bonchev–Trinajstić information content (AvgIpc) is 2.85. The van der Waals surface area contributed by atoms with Crippen molar-refractivity contribution in [2.75, 3.05) is 20.1 Å². The van der Waals surface area contributed by atoms with Crippen LogP contribution in [0.1, 0.15) is 24.0 Å². The lowest BCUT2D eigenvalue weighted by Gasteiger charge is -2.41. The minimum Gasteiger partial charge on any atom is -0.359 e. The van der Waals surface area contributed by atoms with E-state index in [4.69, 9.17) is 0 Å². The summed E-state index contributed by atoms with van der Waals surface area (Å²) >= 11 is 0. The Hall–Kier alpha value is -3.54. The standard InChI is InChI=1S/C26H28N4O2/c1-27-25(32)26(16-20-6-2-8-22(14-20)23-9-4-12-29-18-23)10-5-13-30(19-26)24(31)15-21-7-3-11-28-17-21/h2-4,6-9,11-12,14,17-18H,5,10,13,15-16,19H2,1H3,(H,27,32)/t26-/m0/s1. The fourth-order valence-corrected chi connectivity index (χ4v) is 4.59. The Labute approximate surface area is 188 Å². The van der Waals surface area contributed by atoms with Gasteiger partial charge in [-0.15, -0.1) is 0 Å². The summed E-state index contributed by atoms with van der Waals surface area (Å²) in [6.07, 6.45) is 9.45. The summed E-state index contributed by atoms with van der Waals surface area (Å²) in [5, 5.41) is 2.85. The summed E-state index contributed by atoms with van der Waals surface area (Å²) in [6, 6.07) is 15.9. The lowest BCUT2D eigenvalue weighted by molar-refractivity contribution is -0.141. The van der Waals surface area contributed by atoms with E-state index in [1.54, 1.807) is 25.6 Å². The van der Waals surface area contributed by atoms with Crippen LogP contribution in [0.25, 0.3) is 11.1 Å². The normalized spacial score (nSPS) is 18.2. The Morgan fingerprint density at radius 2 is 1.75 bits per heavy atom. The van der Waals surface area contributed by atoms with Crippen molar-refractivity contribution in [2.45, 2.75) is 25.7 Å². The van der Waals surface area contributed by atoms with Crippen LogP contribution in [0, 0.1) is 5.41 Å². The molecule has 164 valence electrons. The molecule has 0 bridgehead atoms. The first-order valence-electron chi connectivity index (χ1n) is 11.0. The van der Waals surface area contributed by atoms with Crippen LogP contribution in [0.15, 0.2) is 73.3 Å². The van der Waals surface area contributed by atoms with Gasteiger partial charge in [-0.3, -0.25) is 19.6 Å². The van der Waals surface area contributed by atoms with E-state index in [9.17, 15) is 9.59 Å². The third-order valence-corrected chi connectivity index (χ3v) is 6.18. The van der Waals surface area contributed by atoms with Crippen molar-refractivity contribution in [1.29, 1.82) is 0 Å². The number of carbonyl (C=O) groups excluding carboxylic acids is 2. The van der Waals surface area contributed by atoms with E-state index >= 15 is 0 Å². The molecule has 1 N–H and O–H groups in total. The van der Waals surface area contributed by atoms with Gasteiger partial charge in [0.25, 0.3) is 0 Å². The largest absolute Gasteiger partial charge is 0.359 e. The Morgan fingerprint density at radius 3 is 2.47 bits per heavy atom. The molecule has 32 heavy (non-hydrogen) atoms. The molecule has 6 nitrogen and oxygen atoms in total. The summed E-state index contributed by atoms with van der Waals surface area (Å²) in [4.78, 5) is 36.3. The average molecular weight is 429 g/mol. The number of carbonyl (C=O) groups is 2. The van der Waals surface area contributed by atoms with E-state index in [1.807, 2.05) is 41.4 Å². The van der Waals surface area contributed by atoms with Gasteiger partial charge in [-0.2, -0.15) is 0 Å². The van der Waals surface area contributed by atoms with Crippen molar-refractivity contribution < 1.29 is 9.59 Å². The first-order chi connectivity index (χ1) is 15.6. The van der Waals surface area contributed by atoms with Crippen LogP contribution in [0.3, 0.4) is 0 Å².